The molecule has 2 amide bonds. The van der Waals surface area contributed by atoms with E-state index in [0.29, 0.717) is 13.0 Å². The Morgan fingerprint density at radius 2 is 1.87 bits per heavy atom. The van der Waals surface area contributed by atoms with Crippen molar-refractivity contribution in [2.24, 2.45) is 5.73 Å². The lowest BCUT2D eigenvalue weighted by Crippen LogP contribution is -2.59. The van der Waals surface area contributed by atoms with Gasteiger partial charge in [-0.15, -0.1) is 0 Å². The fraction of sp³-hybridized carbons (Fsp3) is 0.556. The van der Waals surface area contributed by atoms with Crippen LogP contribution in [0.5, 0.6) is 0 Å². The second-order valence-corrected chi connectivity index (χ2v) is 6.76. The smallest absolute Gasteiger partial charge is 0.249 e. The van der Waals surface area contributed by atoms with E-state index < -0.39 is 11.6 Å². The number of benzene rings is 1. The van der Waals surface area contributed by atoms with Crippen LogP contribution in [0.15, 0.2) is 30.3 Å². The molecule has 23 heavy (non-hydrogen) atoms. The summed E-state index contributed by atoms with van der Waals surface area (Å²) in [6, 6.07) is 9.25. The minimum absolute atomic E-state index is 0.0000954. The number of carbonyl (C=O) groups is 2. The minimum atomic E-state index is -0.774. The highest BCUT2D eigenvalue weighted by molar-refractivity contribution is 6.00. The number of piperidine rings is 1. The van der Waals surface area contributed by atoms with Gasteiger partial charge in [-0.3, -0.25) is 9.59 Å². The van der Waals surface area contributed by atoms with Gasteiger partial charge < -0.3 is 15.5 Å². The molecule has 1 aliphatic heterocycles. The van der Waals surface area contributed by atoms with Crippen molar-refractivity contribution in [3.05, 3.63) is 30.3 Å². The lowest BCUT2D eigenvalue weighted by atomic mass is 9.94. The number of rotatable bonds is 3. The second kappa shape index (κ2) is 6.32. The van der Waals surface area contributed by atoms with Crippen molar-refractivity contribution >= 4 is 17.5 Å². The molecule has 2 aliphatic rings. The summed E-state index contributed by atoms with van der Waals surface area (Å²) in [5.41, 5.74) is 6.41. The van der Waals surface area contributed by atoms with Gasteiger partial charge in [0.05, 0.1) is 5.54 Å². The molecule has 3 rings (SSSR count). The Hall–Kier alpha value is -1.88. The van der Waals surface area contributed by atoms with E-state index in [1.54, 1.807) is 16.8 Å². The molecule has 0 spiro atoms. The summed E-state index contributed by atoms with van der Waals surface area (Å²) in [6.45, 7) is 0.704. The Kier molecular flexibility index (Phi) is 4.39. The third-order valence-corrected chi connectivity index (χ3v) is 5.19. The van der Waals surface area contributed by atoms with Crippen LogP contribution >= 0.6 is 0 Å². The molecule has 0 aromatic heterocycles. The summed E-state index contributed by atoms with van der Waals surface area (Å²) in [5, 5.41) is 0. The van der Waals surface area contributed by atoms with E-state index >= 15 is 0 Å². The van der Waals surface area contributed by atoms with Crippen molar-refractivity contribution in [3.63, 3.8) is 0 Å². The van der Waals surface area contributed by atoms with Gasteiger partial charge in [-0.1, -0.05) is 31.0 Å². The van der Waals surface area contributed by atoms with E-state index in [1.165, 1.54) is 0 Å². The zero-order chi connectivity index (χ0) is 16.4. The van der Waals surface area contributed by atoms with Crippen molar-refractivity contribution in [3.8, 4) is 0 Å². The van der Waals surface area contributed by atoms with E-state index in [4.69, 9.17) is 5.73 Å². The van der Waals surface area contributed by atoms with Crippen LogP contribution < -0.4 is 10.6 Å². The number of nitrogens with two attached hydrogens (primary N) is 1. The predicted octanol–water partition coefficient (Wildman–Crippen LogP) is 1.91. The predicted molar refractivity (Wildman–Crippen MR) is 90.0 cm³/mol. The standard InChI is InChI=1S/C18H25N3O2/c1-20(17(23)18(19)11-5-6-12-18)15-10-7-13-21(16(15)22)14-8-3-2-4-9-14/h2-4,8-9,15H,5-7,10-13,19H2,1H3. The van der Waals surface area contributed by atoms with Crippen LogP contribution in [0.3, 0.4) is 0 Å². The molecule has 2 fully saturated rings. The third kappa shape index (κ3) is 2.98. The van der Waals surface area contributed by atoms with Gasteiger partial charge in [-0.05, 0) is 37.8 Å². The first-order valence-electron chi connectivity index (χ1n) is 8.45. The van der Waals surface area contributed by atoms with Gasteiger partial charge in [0.2, 0.25) is 11.8 Å². The van der Waals surface area contributed by atoms with Crippen LogP contribution in [-0.2, 0) is 9.59 Å². The zero-order valence-electron chi connectivity index (χ0n) is 13.7. The maximum Gasteiger partial charge on any atom is 0.249 e. The maximum absolute atomic E-state index is 12.9. The highest BCUT2D eigenvalue weighted by Crippen LogP contribution is 2.31. The molecule has 1 heterocycles. The third-order valence-electron chi connectivity index (χ3n) is 5.19. The van der Waals surface area contributed by atoms with Crippen molar-refractivity contribution in [1.82, 2.24) is 4.90 Å². The summed E-state index contributed by atoms with van der Waals surface area (Å²) in [6.07, 6.45) is 5.02. The molecular weight excluding hydrogens is 290 g/mol. The molecule has 1 saturated heterocycles. The summed E-state index contributed by atoms with van der Waals surface area (Å²) >= 11 is 0. The molecular formula is C18H25N3O2. The first-order valence-corrected chi connectivity index (χ1v) is 8.45. The molecule has 124 valence electrons. The number of likely N-dealkylation sites (N-methyl/N-ethyl adjacent to an activating group) is 1. The number of nitrogens with zero attached hydrogens (tertiary/aromatic N) is 2. The van der Waals surface area contributed by atoms with Crippen LogP contribution in [0.4, 0.5) is 5.69 Å². The fourth-order valence-electron chi connectivity index (χ4n) is 3.79. The van der Waals surface area contributed by atoms with Crippen LogP contribution in [0.25, 0.3) is 0 Å². The van der Waals surface area contributed by atoms with Gasteiger partial charge in [0, 0.05) is 19.3 Å². The van der Waals surface area contributed by atoms with E-state index in [1.807, 2.05) is 30.3 Å². The van der Waals surface area contributed by atoms with Crippen LogP contribution in [-0.4, -0.2) is 41.9 Å². The lowest BCUT2D eigenvalue weighted by molar-refractivity contribution is -0.143. The molecule has 1 saturated carbocycles. The molecule has 2 N–H and O–H groups in total. The average molecular weight is 315 g/mol. The monoisotopic (exact) mass is 315 g/mol. The summed E-state index contributed by atoms with van der Waals surface area (Å²) in [7, 11) is 1.73. The fourth-order valence-corrected chi connectivity index (χ4v) is 3.79. The Morgan fingerprint density at radius 3 is 2.52 bits per heavy atom. The van der Waals surface area contributed by atoms with E-state index in [2.05, 4.69) is 0 Å². The Morgan fingerprint density at radius 1 is 1.22 bits per heavy atom. The molecule has 0 radical (unpaired) electrons. The molecule has 1 unspecified atom stereocenters. The van der Waals surface area contributed by atoms with Crippen molar-refractivity contribution in [2.75, 3.05) is 18.5 Å². The topological polar surface area (TPSA) is 66.6 Å². The molecule has 5 nitrogen and oxygen atoms in total. The maximum atomic E-state index is 12.9. The Bertz CT molecular complexity index is 581. The number of hydrogen-bond donors (Lipinski definition) is 1. The van der Waals surface area contributed by atoms with Gasteiger partial charge in [0.15, 0.2) is 0 Å². The normalized spacial score (nSPS) is 23.8. The summed E-state index contributed by atoms with van der Waals surface area (Å²) < 4.78 is 0. The van der Waals surface area contributed by atoms with Gasteiger partial charge in [-0.2, -0.15) is 0 Å². The second-order valence-electron chi connectivity index (χ2n) is 6.76. The van der Waals surface area contributed by atoms with Gasteiger partial charge in [0.25, 0.3) is 0 Å². The first kappa shape index (κ1) is 16.0. The van der Waals surface area contributed by atoms with Crippen LogP contribution in [0.2, 0.25) is 0 Å². The lowest BCUT2D eigenvalue weighted by Gasteiger charge is -2.39. The van der Waals surface area contributed by atoms with Crippen molar-refractivity contribution in [1.29, 1.82) is 0 Å². The Balaban J connectivity index is 1.77. The molecule has 1 aromatic carbocycles. The minimum Gasteiger partial charge on any atom is -0.332 e. The molecule has 1 aromatic rings. The first-order chi connectivity index (χ1) is 11.0. The van der Waals surface area contributed by atoms with E-state index in [-0.39, 0.29) is 11.8 Å². The molecule has 1 aliphatic carbocycles. The highest BCUT2D eigenvalue weighted by atomic mass is 16.2. The average Bonchev–Trinajstić information content (AvgIpc) is 3.02. The van der Waals surface area contributed by atoms with Gasteiger partial charge >= 0.3 is 0 Å². The number of hydrogen-bond acceptors (Lipinski definition) is 3. The van der Waals surface area contributed by atoms with Gasteiger partial charge in [0.1, 0.15) is 6.04 Å². The number of anilines is 1. The van der Waals surface area contributed by atoms with Crippen LogP contribution in [0.1, 0.15) is 38.5 Å². The molecule has 1 atom stereocenters. The SMILES string of the molecule is CN(C(=O)C1(N)CCCC1)C1CCCN(c2ccccc2)C1=O. The summed E-state index contributed by atoms with van der Waals surface area (Å²) in [4.78, 5) is 29.1. The molecule has 5 heteroatoms. The largest absolute Gasteiger partial charge is 0.332 e. The van der Waals surface area contributed by atoms with E-state index in [9.17, 15) is 9.59 Å². The van der Waals surface area contributed by atoms with Crippen LogP contribution in [0, 0.1) is 0 Å². The van der Waals surface area contributed by atoms with Gasteiger partial charge in [-0.25, -0.2) is 0 Å². The van der Waals surface area contributed by atoms with E-state index in [0.717, 1.165) is 37.8 Å². The molecule has 0 bridgehead atoms. The zero-order valence-corrected chi connectivity index (χ0v) is 13.7. The number of para-hydroxylation sites is 1. The Labute approximate surface area is 137 Å². The quantitative estimate of drug-likeness (QED) is 0.926. The van der Waals surface area contributed by atoms with Crippen molar-refractivity contribution in [2.45, 2.75) is 50.1 Å². The number of carbonyl (C=O) groups excluding carboxylic acids is 2. The highest BCUT2D eigenvalue weighted by Gasteiger charge is 2.43. The summed E-state index contributed by atoms with van der Waals surface area (Å²) in [5.74, 6) is -0.0804. The van der Waals surface area contributed by atoms with Crippen molar-refractivity contribution < 1.29 is 9.59 Å². The number of amides is 2.